The van der Waals surface area contributed by atoms with Crippen molar-refractivity contribution < 1.29 is 14.3 Å². The first-order valence-electron chi connectivity index (χ1n) is 6.30. The number of aliphatic imine (C=N–C) groups is 1. The quantitative estimate of drug-likeness (QED) is 0.784. The Morgan fingerprint density at radius 1 is 1.40 bits per heavy atom. The molecule has 0 saturated carbocycles. The molecular weight excluding hydrogens is 276 g/mol. The number of nitrogens with zero attached hydrogens (tertiary/aromatic N) is 2. The van der Waals surface area contributed by atoms with Gasteiger partial charge in [0.1, 0.15) is 5.70 Å². The number of carbonyl (C=O) groups excluding carboxylic acids is 1. The van der Waals surface area contributed by atoms with Crippen LogP contribution in [0.1, 0.15) is 12.5 Å². The molecule has 5 nitrogen and oxygen atoms in total. The number of amidine groups is 1. The predicted octanol–water partition coefficient (Wildman–Crippen LogP) is 2.34. The number of amides is 1. The maximum Gasteiger partial charge on any atom is 0.278 e. The van der Waals surface area contributed by atoms with Crippen LogP contribution < -0.4 is 9.47 Å². The zero-order chi connectivity index (χ0) is 14.1. The Bertz CT molecular complexity index is 625. The van der Waals surface area contributed by atoms with Gasteiger partial charge in [-0.05, 0) is 29.5 Å². The topological polar surface area (TPSA) is 51.1 Å². The lowest BCUT2D eigenvalue weighted by Gasteiger charge is -2.08. The Morgan fingerprint density at radius 2 is 2.20 bits per heavy atom. The number of benzene rings is 1. The van der Waals surface area contributed by atoms with Crippen molar-refractivity contribution in [3.05, 3.63) is 29.5 Å². The molecule has 0 bridgehead atoms. The zero-order valence-corrected chi connectivity index (χ0v) is 12.1. The third kappa shape index (κ3) is 2.27. The van der Waals surface area contributed by atoms with Crippen molar-refractivity contribution in [2.75, 3.05) is 19.6 Å². The zero-order valence-electron chi connectivity index (χ0n) is 11.3. The van der Waals surface area contributed by atoms with E-state index >= 15 is 0 Å². The van der Waals surface area contributed by atoms with Crippen LogP contribution in [0.4, 0.5) is 0 Å². The van der Waals surface area contributed by atoms with Crippen molar-refractivity contribution in [2.45, 2.75) is 6.92 Å². The normalized spacial score (nSPS) is 18.9. The van der Waals surface area contributed by atoms with Crippen LogP contribution in [0.5, 0.6) is 11.5 Å². The summed E-state index contributed by atoms with van der Waals surface area (Å²) in [6.07, 6.45) is 1.77. The van der Waals surface area contributed by atoms with E-state index < -0.39 is 0 Å². The second-order valence-electron chi connectivity index (χ2n) is 4.33. The summed E-state index contributed by atoms with van der Waals surface area (Å²) in [4.78, 5) is 18.1. The molecule has 0 unspecified atom stereocenters. The van der Waals surface area contributed by atoms with E-state index in [-0.39, 0.29) is 12.7 Å². The number of fused-ring (bicyclic) bond motifs is 1. The van der Waals surface area contributed by atoms with E-state index in [1.54, 1.807) is 29.8 Å². The summed E-state index contributed by atoms with van der Waals surface area (Å²) < 4.78 is 10.6. The molecule has 0 radical (unpaired) electrons. The minimum Gasteiger partial charge on any atom is -0.454 e. The van der Waals surface area contributed by atoms with Crippen molar-refractivity contribution in [3.63, 3.8) is 0 Å². The molecule has 2 aliphatic heterocycles. The lowest BCUT2D eigenvalue weighted by atomic mass is 10.1. The standard InChI is InChI=1S/C14H14N2O3S/c1-3-20-14-15-10(13(17)16(14)2)6-9-4-5-11-12(7-9)19-8-18-11/h4-7H,3,8H2,1-2H3/b10-6+. The van der Waals surface area contributed by atoms with Crippen molar-refractivity contribution in [1.29, 1.82) is 0 Å². The van der Waals surface area contributed by atoms with Crippen LogP contribution >= 0.6 is 11.8 Å². The number of thioether (sulfide) groups is 1. The Hall–Kier alpha value is -1.95. The van der Waals surface area contributed by atoms with Crippen LogP contribution in [0.25, 0.3) is 6.08 Å². The first-order valence-corrected chi connectivity index (χ1v) is 7.28. The molecule has 3 rings (SSSR count). The van der Waals surface area contributed by atoms with E-state index in [0.29, 0.717) is 11.4 Å². The summed E-state index contributed by atoms with van der Waals surface area (Å²) >= 11 is 1.55. The van der Waals surface area contributed by atoms with E-state index in [0.717, 1.165) is 22.2 Å². The largest absolute Gasteiger partial charge is 0.454 e. The molecule has 2 heterocycles. The van der Waals surface area contributed by atoms with Gasteiger partial charge in [-0.25, -0.2) is 4.99 Å². The molecule has 0 aromatic heterocycles. The fourth-order valence-electron chi connectivity index (χ4n) is 2.00. The SMILES string of the molecule is CCSC1=N/C(=C/c2ccc3c(c2)OCO3)C(=O)N1C. The molecule has 0 spiro atoms. The minimum absolute atomic E-state index is 0.0846. The second kappa shape index (κ2) is 5.20. The van der Waals surface area contributed by atoms with E-state index in [1.807, 2.05) is 25.1 Å². The van der Waals surface area contributed by atoms with Gasteiger partial charge in [0.15, 0.2) is 16.7 Å². The smallest absolute Gasteiger partial charge is 0.278 e. The molecule has 0 fully saturated rings. The molecule has 0 atom stereocenters. The maximum atomic E-state index is 12.1. The van der Waals surface area contributed by atoms with E-state index in [9.17, 15) is 4.79 Å². The summed E-state index contributed by atoms with van der Waals surface area (Å²) in [7, 11) is 1.74. The van der Waals surface area contributed by atoms with Crippen LogP contribution in [-0.4, -0.2) is 35.6 Å². The van der Waals surface area contributed by atoms with Crippen LogP contribution in [0.2, 0.25) is 0 Å². The van der Waals surface area contributed by atoms with Crippen molar-refractivity contribution >= 4 is 28.9 Å². The number of carbonyl (C=O) groups is 1. The van der Waals surface area contributed by atoms with Gasteiger partial charge in [-0.3, -0.25) is 9.69 Å². The highest BCUT2D eigenvalue weighted by Gasteiger charge is 2.26. The maximum absolute atomic E-state index is 12.1. The van der Waals surface area contributed by atoms with Crippen LogP contribution in [0.15, 0.2) is 28.9 Å². The first kappa shape index (κ1) is 13.1. The van der Waals surface area contributed by atoms with Gasteiger partial charge in [0, 0.05) is 7.05 Å². The minimum atomic E-state index is -0.0846. The average Bonchev–Trinajstić information content (AvgIpc) is 3.00. The van der Waals surface area contributed by atoms with Gasteiger partial charge in [-0.1, -0.05) is 24.8 Å². The van der Waals surface area contributed by atoms with Gasteiger partial charge < -0.3 is 9.47 Å². The second-order valence-corrected chi connectivity index (χ2v) is 5.57. The highest BCUT2D eigenvalue weighted by atomic mass is 32.2. The predicted molar refractivity (Wildman–Crippen MR) is 78.9 cm³/mol. The molecule has 2 aliphatic rings. The summed E-state index contributed by atoms with van der Waals surface area (Å²) in [6, 6.07) is 5.57. The Labute approximate surface area is 121 Å². The number of likely N-dealkylation sites (N-methyl/N-ethyl adjacent to an activating group) is 1. The fraction of sp³-hybridized carbons (Fsp3) is 0.286. The van der Waals surface area contributed by atoms with Crippen LogP contribution in [0.3, 0.4) is 0 Å². The Morgan fingerprint density at radius 3 is 3.00 bits per heavy atom. The Balaban J connectivity index is 1.90. The molecule has 1 aromatic rings. The molecule has 0 N–H and O–H groups in total. The number of hydrogen-bond acceptors (Lipinski definition) is 5. The highest BCUT2D eigenvalue weighted by molar-refractivity contribution is 8.13. The summed E-state index contributed by atoms with van der Waals surface area (Å²) in [6.45, 7) is 2.28. The number of ether oxygens (including phenoxy) is 2. The molecule has 0 saturated heterocycles. The Kier molecular flexibility index (Phi) is 3.40. The first-order chi connectivity index (χ1) is 9.69. The summed E-state index contributed by atoms with van der Waals surface area (Å²) in [5.74, 6) is 2.23. The van der Waals surface area contributed by atoms with E-state index in [2.05, 4.69) is 4.99 Å². The average molecular weight is 290 g/mol. The highest BCUT2D eigenvalue weighted by Crippen LogP contribution is 2.33. The number of rotatable bonds is 2. The van der Waals surface area contributed by atoms with Crippen LogP contribution in [0, 0.1) is 0 Å². The van der Waals surface area contributed by atoms with Crippen molar-refractivity contribution in [2.24, 2.45) is 4.99 Å². The van der Waals surface area contributed by atoms with Crippen LogP contribution in [-0.2, 0) is 4.79 Å². The summed E-state index contributed by atoms with van der Waals surface area (Å²) in [5, 5.41) is 0.740. The molecule has 20 heavy (non-hydrogen) atoms. The molecular formula is C14H14N2O3S. The van der Waals surface area contributed by atoms with E-state index in [4.69, 9.17) is 9.47 Å². The molecule has 1 aromatic carbocycles. The van der Waals surface area contributed by atoms with Gasteiger partial charge in [-0.15, -0.1) is 0 Å². The van der Waals surface area contributed by atoms with Gasteiger partial charge in [0.25, 0.3) is 5.91 Å². The molecule has 1 amide bonds. The lowest BCUT2D eigenvalue weighted by Crippen LogP contribution is -2.25. The molecule has 104 valence electrons. The monoisotopic (exact) mass is 290 g/mol. The molecule has 0 aliphatic carbocycles. The van der Waals surface area contributed by atoms with Gasteiger partial charge in [0.05, 0.1) is 0 Å². The van der Waals surface area contributed by atoms with Gasteiger partial charge in [0.2, 0.25) is 6.79 Å². The van der Waals surface area contributed by atoms with Crippen molar-refractivity contribution in [3.8, 4) is 11.5 Å². The third-order valence-electron chi connectivity index (χ3n) is 3.00. The fourth-order valence-corrected chi connectivity index (χ4v) is 2.70. The number of hydrogen-bond donors (Lipinski definition) is 0. The lowest BCUT2D eigenvalue weighted by molar-refractivity contribution is -0.121. The van der Waals surface area contributed by atoms with E-state index in [1.165, 1.54) is 0 Å². The molecule has 6 heteroatoms. The van der Waals surface area contributed by atoms with Crippen molar-refractivity contribution in [1.82, 2.24) is 4.90 Å². The van der Waals surface area contributed by atoms with Gasteiger partial charge >= 0.3 is 0 Å². The third-order valence-corrected chi connectivity index (χ3v) is 3.91. The van der Waals surface area contributed by atoms with Gasteiger partial charge in [-0.2, -0.15) is 0 Å². The summed E-state index contributed by atoms with van der Waals surface area (Å²) in [5.41, 5.74) is 1.32.